The fourth-order valence-corrected chi connectivity index (χ4v) is 11.1. The Morgan fingerprint density at radius 3 is 2.25 bits per heavy atom. The van der Waals surface area contributed by atoms with Crippen LogP contribution in [-0.2, 0) is 26.8 Å². The van der Waals surface area contributed by atoms with E-state index in [2.05, 4.69) is 0 Å². The molecule has 0 aliphatic carbocycles. The zero-order valence-electron chi connectivity index (χ0n) is 31.7. The van der Waals surface area contributed by atoms with Gasteiger partial charge in [-0.2, -0.15) is 13.0 Å². The van der Waals surface area contributed by atoms with Gasteiger partial charge in [0, 0.05) is 41.2 Å². The largest absolute Gasteiger partial charge is 0.747 e. The Hall–Kier alpha value is -4.79. The second kappa shape index (κ2) is 16.7. The highest BCUT2D eigenvalue weighted by atomic mass is 35.5. The van der Waals surface area contributed by atoms with Gasteiger partial charge in [-0.05, 0) is 93.6 Å². The predicted molar refractivity (Wildman–Crippen MR) is 237 cm³/mol. The SMILES string of the molecule is CCC(=Cc1sc2ccc(Cl)cc2[n+]1CCC(c1cccc2cc3ccccc3cc12)S(=O)(=O)[O-])C=C1Oc2ccc(Cl)cc2N1CCC(c1ccccc1)S(=O)(=O)O. The minimum absolute atomic E-state index is 0.00742. The summed E-state index contributed by atoms with van der Waals surface area (Å²) < 4.78 is 84.1. The summed E-state index contributed by atoms with van der Waals surface area (Å²) in [6, 6.07) is 36.6. The van der Waals surface area contributed by atoms with E-state index in [1.807, 2.05) is 83.1 Å². The van der Waals surface area contributed by atoms with E-state index in [0.717, 1.165) is 37.0 Å². The van der Waals surface area contributed by atoms with Crippen LogP contribution in [0.25, 0.3) is 37.8 Å². The molecule has 7 aromatic rings. The molecule has 8 rings (SSSR count). The maximum atomic E-state index is 13.1. The van der Waals surface area contributed by atoms with Crippen molar-refractivity contribution < 1.29 is 35.2 Å². The third-order valence-corrected chi connectivity index (χ3v) is 14.6. The van der Waals surface area contributed by atoms with E-state index in [9.17, 15) is 25.9 Å². The smallest absolute Gasteiger partial charge is 0.272 e. The van der Waals surface area contributed by atoms with Crippen molar-refractivity contribution in [2.24, 2.45) is 0 Å². The summed E-state index contributed by atoms with van der Waals surface area (Å²) in [6.07, 6.45) is 4.50. The third kappa shape index (κ3) is 8.76. The van der Waals surface area contributed by atoms with E-state index in [1.54, 1.807) is 66.7 Å². The van der Waals surface area contributed by atoms with Crippen molar-refractivity contribution in [3.63, 3.8) is 0 Å². The minimum Gasteiger partial charge on any atom is -0.747 e. The van der Waals surface area contributed by atoms with Crippen LogP contribution < -0.4 is 14.2 Å². The van der Waals surface area contributed by atoms with E-state index in [1.165, 1.54) is 11.3 Å². The van der Waals surface area contributed by atoms with E-state index < -0.39 is 30.7 Å². The number of thiazole rings is 1. The predicted octanol–water partition coefficient (Wildman–Crippen LogP) is 11.0. The van der Waals surface area contributed by atoms with Crippen molar-refractivity contribution in [1.29, 1.82) is 0 Å². The molecule has 302 valence electrons. The average molecular weight is 886 g/mol. The maximum absolute atomic E-state index is 13.1. The molecule has 0 amide bonds. The van der Waals surface area contributed by atoms with Gasteiger partial charge in [0.25, 0.3) is 15.1 Å². The van der Waals surface area contributed by atoms with Crippen LogP contribution in [0.15, 0.2) is 139 Å². The summed E-state index contributed by atoms with van der Waals surface area (Å²) in [7, 11) is -9.26. The first-order valence-corrected chi connectivity index (χ1v) is 23.5. The first kappa shape index (κ1) is 41.0. The van der Waals surface area contributed by atoms with E-state index >= 15 is 0 Å². The molecule has 0 saturated carbocycles. The molecule has 59 heavy (non-hydrogen) atoms. The Bertz CT molecular complexity index is 3020. The number of aromatic nitrogens is 1. The van der Waals surface area contributed by atoms with Crippen molar-refractivity contribution in [3.05, 3.63) is 165 Å². The van der Waals surface area contributed by atoms with Crippen LogP contribution in [-0.4, -0.2) is 32.5 Å². The quantitative estimate of drug-likeness (QED) is 0.0689. The number of aryl methyl sites for hydroxylation is 1. The first-order chi connectivity index (χ1) is 28.3. The van der Waals surface area contributed by atoms with Gasteiger partial charge in [0.1, 0.15) is 20.1 Å². The molecule has 1 N–H and O–H groups in total. The number of nitrogens with zero attached hydrogens (tertiary/aromatic N) is 2. The molecule has 9 nitrogen and oxygen atoms in total. The molecule has 1 aromatic heterocycles. The van der Waals surface area contributed by atoms with Gasteiger partial charge in [-0.25, -0.2) is 8.42 Å². The van der Waals surface area contributed by atoms with E-state index in [-0.39, 0.29) is 25.9 Å². The Balaban J connectivity index is 1.16. The number of allylic oxidation sites excluding steroid dienone is 2. The van der Waals surface area contributed by atoms with E-state index in [4.69, 9.17) is 27.9 Å². The van der Waals surface area contributed by atoms with Crippen molar-refractivity contribution in [1.82, 2.24) is 0 Å². The summed E-state index contributed by atoms with van der Waals surface area (Å²) in [6.45, 7) is 2.36. The lowest BCUT2D eigenvalue weighted by atomic mass is 9.97. The van der Waals surface area contributed by atoms with Crippen LogP contribution >= 0.6 is 34.5 Å². The van der Waals surface area contributed by atoms with Crippen molar-refractivity contribution in [2.75, 3.05) is 11.4 Å². The number of rotatable bonds is 13. The summed E-state index contributed by atoms with van der Waals surface area (Å²) >= 11 is 14.4. The van der Waals surface area contributed by atoms with Crippen molar-refractivity contribution in [3.8, 4) is 5.75 Å². The Morgan fingerprint density at radius 1 is 0.831 bits per heavy atom. The van der Waals surface area contributed by atoms with Gasteiger partial charge >= 0.3 is 0 Å². The second-order valence-electron chi connectivity index (χ2n) is 14.4. The Labute approximate surface area is 356 Å². The molecule has 2 atom stereocenters. The highest BCUT2D eigenvalue weighted by Gasteiger charge is 2.32. The zero-order chi connectivity index (χ0) is 41.5. The highest BCUT2D eigenvalue weighted by molar-refractivity contribution is 7.86. The molecule has 14 heteroatoms. The van der Waals surface area contributed by atoms with Gasteiger partial charge < -0.3 is 14.2 Å². The molecular formula is C45H38Cl2N2O7S3. The Kier molecular flexibility index (Phi) is 11.6. The lowest BCUT2D eigenvalue weighted by molar-refractivity contribution is -0.669. The molecule has 0 fully saturated rings. The summed E-state index contributed by atoms with van der Waals surface area (Å²) in [5, 5.41) is 2.80. The van der Waals surface area contributed by atoms with Crippen LogP contribution in [0.2, 0.25) is 10.0 Å². The van der Waals surface area contributed by atoms with Crippen molar-refractivity contribution in [2.45, 2.75) is 43.2 Å². The third-order valence-electron chi connectivity index (χ3n) is 10.6. The van der Waals surface area contributed by atoms with Gasteiger partial charge in [0.05, 0.1) is 10.9 Å². The van der Waals surface area contributed by atoms with Crippen LogP contribution in [0.3, 0.4) is 0 Å². The highest BCUT2D eigenvalue weighted by Crippen LogP contribution is 2.42. The average Bonchev–Trinajstić information content (AvgIpc) is 3.71. The minimum atomic E-state index is -4.80. The Morgan fingerprint density at radius 2 is 1.53 bits per heavy atom. The van der Waals surface area contributed by atoms with Gasteiger partial charge in [-0.15, -0.1) is 0 Å². The van der Waals surface area contributed by atoms with Crippen LogP contribution in [0.4, 0.5) is 5.69 Å². The van der Waals surface area contributed by atoms with Crippen LogP contribution in [0, 0.1) is 0 Å². The molecule has 0 radical (unpaired) electrons. The van der Waals surface area contributed by atoms with Gasteiger partial charge in [0.15, 0.2) is 12.3 Å². The summed E-state index contributed by atoms with van der Waals surface area (Å²) in [5.74, 6) is 0.978. The number of benzene rings is 6. The number of anilines is 1. The molecular weight excluding hydrogens is 848 g/mol. The number of hydrogen-bond donors (Lipinski definition) is 1. The van der Waals surface area contributed by atoms with Crippen LogP contribution in [0.1, 0.15) is 52.8 Å². The topological polar surface area (TPSA) is 128 Å². The van der Waals surface area contributed by atoms with Crippen molar-refractivity contribution >= 4 is 98.3 Å². The maximum Gasteiger partial charge on any atom is 0.272 e. The number of hydrogen-bond acceptors (Lipinski definition) is 8. The molecule has 2 unspecified atom stereocenters. The standard InChI is InChI=1S/C45H38Cl2N2O7S3/c1-2-29(23-44-48(38-27-34(46)15-17-40(38)56-44)21-19-42(58(50,51)52)30-9-4-3-5-10-30)24-45-49(39-28-35(47)16-18-41(39)57-45)22-20-43(59(53,54)55)36-14-8-13-33-25-31-11-6-7-12-32(31)26-37(33)36/h3-18,23-28,42-43H,2,19-22H2,1H3,(H-,50,51,52,53,54,55). The monoisotopic (exact) mass is 884 g/mol. The zero-order valence-corrected chi connectivity index (χ0v) is 35.6. The first-order valence-electron chi connectivity index (χ1n) is 18.9. The van der Waals surface area contributed by atoms with Gasteiger partial charge in [-0.1, -0.05) is 114 Å². The van der Waals surface area contributed by atoms with Crippen LogP contribution in [0.5, 0.6) is 5.75 Å². The lowest BCUT2D eigenvalue weighted by Crippen LogP contribution is -2.36. The van der Waals surface area contributed by atoms with Gasteiger partial charge in [-0.3, -0.25) is 4.55 Å². The lowest BCUT2D eigenvalue weighted by Gasteiger charge is -2.22. The second-order valence-corrected chi connectivity index (χ2v) is 19.5. The summed E-state index contributed by atoms with van der Waals surface area (Å²) in [4.78, 5) is 1.85. The molecule has 1 aliphatic rings. The normalized spacial score (nSPS) is 15.2. The molecule has 0 bridgehead atoms. The molecule has 6 aromatic carbocycles. The molecule has 1 aliphatic heterocycles. The molecule has 0 spiro atoms. The summed E-state index contributed by atoms with van der Waals surface area (Å²) in [5.41, 5.74) is 3.22. The molecule has 2 heterocycles. The fourth-order valence-electron chi connectivity index (χ4n) is 7.76. The number of fused-ring (bicyclic) bond motifs is 4. The number of halogens is 2. The number of ether oxygens (including phenoxy) is 1. The van der Waals surface area contributed by atoms with E-state index in [0.29, 0.717) is 50.3 Å². The fraction of sp³-hybridized carbons (Fsp3) is 0.178. The molecule has 0 saturated heterocycles. The van der Waals surface area contributed by atoms with Gasteiger partial charge in [0.2, 0.25) is 11.4 Å².